The molecule has 0 bridgehead atoms. The highest BCUT2D eigenvalue weighted by Crippen LogP contribution is 2.29. The summed E-state index contributed by atoms with van der Waals surface area (Å²) < 4.78 is 13.6. The van der Waals surface area contributed by atoms with E-state index in [2.05, 4.69) is 33.8 Å². The predicted octanol–water partition coefficient (Wildman–Crippen LogP) is 4.56. The highest BCUT2D eigenvalue weighted by atomic mass is 32.1. The second-order valence-corrected chi connectivity index (χ2v) is 11.5. The lowest BCUT2D eigenvalue weighted by atomic mass is 9.91. The van der Waals surface area contributed by atoms with E-state index >= 15 is 0 Å². The molecule has 1 aromatic heterocycles. The number of hydrogen-bond donors (Lipinski definition) is 2. The minimum Gasteiger partial charge on any atom is -0.352 e. The number of nitrogens with zero attached hydrogens (tertiary/aromatic N) is 2. The summed E-state index contributed by atoms with van der Waals surface area (Å²) >= 11 is 1.71. The van der Waals surface area contributed by atoms with Crippen molar-refractivity contribution in [2.45, 2.75) is 69.4 Å². The van der Waals surface area contributed by atoms with Crippen LogP contribution >= 0.6 is 11.3 Å². The molecule has 2 atom stereocenters. The first-order valence-corrected chi connectivity index (χ1v) is 14.3. The number of nitrogens with two attached hydrogens (primary N) is 1. The van der Waals surface area contributed by atoms with Crippen molar-refractivity contribution in [1.82, 2.24) is 15.1 Å². The van der Waals surface area contributed by atoms with Gasteiger partial charge in [-0.1, -0.05) is 36.4 Å². The van der Waals surface area contributed by atoms with Crippen molar-refractivity contribution in [2.75, 3.05) is 6.54 Å². The predicted molar refractivity (Wildman–Crippen MR) is 148 cm³/mol. The molecule has 6 nitrogen and oxygen atoms in total. The number of likely N-dealkylation sites (tertiary alicyclic amines) is 1. The number of rotatable bonds is 8. The van der Waals surface area contributed by atoms with Crippen LogP contribution in [0.5, 0.6) is 0 Å². The number of benzene rings is 2. The molecule has 3 aromatic rings. The van der Waals surface area contributed by atoms with Gasteiger partial charge >= 0.3 is 0 Å². The second kappa shape index (κ2) is 12.2. The Balaban J connectivity index is 1.39. The maximum atomic E-state index is 13.6. The number of hydrogen-bond acceptors (Lipinski definition) is 5. The van der Waals surface area contributed by atoms with E-state index in [0.717, 1.165) is 38.8 Å². The summed E-state index contributed by atoms with van der Waals surface area (Å²) in [6.45, 7) is 1.89. The Morgan fingerprint density at radius 3 is 2.39 bits per heavy atom. The van der Waals surface area contributed by atoms with Gasteiger partial charge in [0.05, 0.1) is 0 Å². The van der Waals surface area contributed by atoms with Crippen LogP contribution in [0.2, 0.25) is 0 Å². The normalized spacial score (nSPS) is 23.5. The van der Waals surface area contributed by atoms with E-state index in [9.17, 15) is 14.0 Å². The van der Waals surface area contributed by atoms with Gasteiger partial charge in [0.25, 0.3) is 5.91 Å². The largest absolute Gasteiger partial charge is 0.352 e. The molecule has 200 valence electrons. The van der Waals surface area contributed by atoms with Gasteiger partial charge in [0.1, 0.15) is 11.9 Å². The first kappa shape index (κ1) is 26.5. The number of amides is 2. The fourth-order valence-corrected chi connectivity index (χ4v) is 6.33. The second-order valence-electron chi connectivity index (χ2n) is 10.5. The molecule has 2 fully saturated rings. The van der Waals surface area contributed by atoms with Crippen molar-refractivity contribution in [3.63, 3.8) is 0 Å². The molecule has 1 aliphatic carbocycles. The summed E-state index contributed by atoms with van der Waals surface area (Å²) in [4.78, 5) is 32.6. The van der Waals surface area contributed by atoms with Crippen LogP contribution in [-0.2, 0) is 17.9 Å². The number of carbonyl (C=O) groups is 2. The third kappa shape index (κ3) is 6.49. The summed E-state index contributed by atoms with van der Waals surface area (Å²) in [5.41, 5.74) is 7.64. The van der Waals surface area contributed by atoms with Gasteiger partial charge < -0.3 is 16.0 Å². The zero-order chi connectivity index (χ0) is 26.5. The average molecular weight is 535 g/mol. The number of carbonyl (C=O) groups excluding carboxylic acids is 2. The van der Waals surface area contributed by atoms with Crippen molar-refractivity contribution < 1.29 is 14.0 Å². The highest BCUT2D eigenvalue weighted by molar-refractivity contribution is 7.09. The molecule has 1 saturated heterocycles. The van der Waals surface area contributed by atoms with Crippen molar-refractivity contribution in [2.24, 2.45) is 5.73 Å². The molecule has 0 radical (unpaired) electrons. The molecule has 2 unspecified atom stereocenters. The maximum Gasteiger partial charge on any atom is 0.254 e. The van der Waals surface area contributed by atoms with Crippen molar-refractivity contribution >= 4 is 23.2 Å². The average Bonchev–Trinajstić information content (AvgIpc) is 3.61. The van der Waals surface area contributed by atoms with Crippen LogP contribution < -0.4 is 11.1 Å². The van der Waals surface area contributed by atoms with Crippen LogP contribution in [0.4, 0.5) is 4.39 Å². The quantitative estimate of drug-likeness (QED) is 0.444. The molecule has 2 amide bonds. The molecule has 0 spiro atoms. The highest BCUT2D eigenvalue weighted by Gasteiger charge is 2.42. The lowest BCUT2D eigenvalue weighted by Crippen LogP contribution is -2.50. The molecule has 2 heterocycles. The van der Waals surface area contributed by atoms with Crippen LogP contribution in [0, 0.1) is 5.82 Å². The Bertz CT molecular complexity index is 1200. The van der Waals surface area contributed by atoms with Crippen LogP contribution in [0.1, 0.15) is 52.9 Å². The standard InChI is InChI=1S/C30H35FN4O2S/c31-23-10-8-22(9-11-23)30(37)35-19-26(17-28(35)29(36)33-25-14-12-24(32)13-15-25)34(20-27-7-4-16-38-27)18-21-5-2-1-3-6-21/h1-11,16,24-26,28H,12-15,17-20,32H2,(H,33,36). The zero-order valence-corrected chi connectivity index (χ0v) is 22.3. The third-order valence-electron chi connectivity index (χ3n) is 7.74. The zero-order valence-electron chi connectivity index (χ0n) is 21.5. The Morgan fingerprint density at radius 1 is 0.974 bits per heavy atom. The van der Waals surface area contributed by atoms with Gasteiger partial charge in [0.15, 0.2) is 0 Å². The van der Waals surface area contributed by atoms with Crippen molar-refractivity contribution in [3.8, 4) is 0 Å². The van der Waals surface area contributed by atoms with E-state index < -0.39 is 11.9 Å². The maximum absolute atomic E-state index is 13.6. The monoisotopic (exact) mass is 534 g/mol. The first-order valence-electron chi connectivity index (χ1n) is 13.4. The molecule has 38 heavy (non-hydrogen) atoms. The lowest BCUT2D eigenvalue weighted by molar-refractivity contribution is -0.125. The molecule has 2 aromatic carbocycles. The fourth-order valence-electron chi connectivity index (χ4n) is 5.61. The summed E-state index contributed by atoms with van der Waals surface area (Å²) in [5, 5.41) is 5.29. The minimum absolute atomic E-state index is 0.00256. The number of nitrogens with one attached hydrogen (secondary N) is 1. The fraction of sp³-hybridized carbons (Fsp3) is 0.400. The van der Waals surface area contributed by atoms with Gasteiger partial charge in [-0.05, 0) is 73.4 Å². The molecule has 2 aliphatic rings. The molecule has 3 N–H and O–H groups in total. The van der Waals surface area contributed by atoms with Crippen molar-refractivity contribution in [3.05, 3.63) is 93.9 Å². The van der Waals surface area contributed by atoms with E-state index in [1.54, 1.807) is 16.2 Å². The molecule has 1 saturated carbocycles. The smallest absolute Gasteiger partial charge is 0.254 e. The van der Waals surface area contributed by atoms with E-state index in [-0.39, 0.29) is 29.9 Å². The van der Waals surface area contributed by atoms with Gasteiger partial charge in [-0.15, -0.1) is 11.3 Å². The van der Waals surface area contributed by atoms with Crippen LogP contribution in [0.15, 0.2) is 72.1 Å². The van der Waals surface area contributed by atoms with Gasteiger partial charge in [-0.25, -0.2) is 4.39 Å². The summed E-state index contributed by atoms with van der Waals surface area (Å²) in [7, 11) is 0. The Labute approximate surface area is 227 Å². The van der Waals surface area contributed by atoms with Gasteiger partial charge in [-0.2, -0.15) is 0 Å². The third-order valence-corrected chi connectivity index (χ3v) is 8.60. The van der Waals surface area contributed by atoms with Gasteiger partial charge in [-0.3, -0.25) is 14.5 Å². The Hall–Kier alpha value is -3.07. The van der Waals surface area contributed by atoms with Crippen LogP contribution in [0.3, 0.4) is 0 Å². The number of thiophene rings is 1. The van der Waals surface area contributed by atoms with Crippen molar-refractivity contribution in [1.29, 1.82) is 0 Å². The Kier molecular flexibility index (Phi) is 8.51. The van der Waals surface area contributed by atoms with Crippen LogP contribution in [-0.4, -0.2) is 52.3 Å². The summed E-state index contributed by atoms with van der Waals surface area (Å²) in [6.07, 6.45) is 4.04. The molecule has 8 heteroatoms. The van der Waals surface area contributed by atoms with Gasteiger partial charge in [0, 0.05) is 48.2 Å². The van der Waals surface area contributed by atoms with Gasteiger partial charge in [0.2, 0.25) is 5.91 Å². The lowest BCUT2D eigenvalue weighted by Gasteiger charge is -2.30. The molecule has 5 rings (SSSR count). The van der Waals surface area contributed by atoms with E-state index in [4.69, 9.17) is 5.73 Å². The van der Waals surface area contributed by atoms with E-state index in [1.165, 1.54) is 34.7 Å². The molecular formula is C30H35FN4O2S. The summed E-state index contributed by atoms with van der Waals surface area (Å²) in [6, 6.07) is 19.7. The number of halogens is 1. The summed E-state index contributed by atoms with van der Waals surface area (Å²) in [5.74, 6) is -0.746. The minimum atomic E-state index is -0.588. The first-order chi connectivity index (χ1) is 18.5. The van der Waals surface area contributed by atoms with E-state index in [1.807, 2.05) is 24.3 Å². The molecular weight excluding hydrogens is 499 g/mol. The SMILES string of the molecule is NC1CCC(NC(=O)C2CC(N(Cc3ccccc3)Cc3cccs3)CN2C(=O)c2ccc(F)cc2)CC1. The van der Waals surface area contributed by atoms with E-state index in [0.29, 0.717) is 18.5 Å². The molecule has 1 aliphatic heterocycles. The van der Waals surface area contributed by atoms with Crippen LogP contribution in [0.25, 0.3) is 0 Å². The topological polar surface area (TPSA) is 78.7 Å². The Morgan fingerprint density at radius 2 is 1.71 bits per heavy atom.